The molecular weight excluding hydrogens is 294 g/mol. The van der Waals surface area contributed by atoms with Crippen LogP contribution in [-0.4, -0.2) is 28.5 Å². The first-order valence-corrected chi connectivity index (χ1v) is 7.93. The largest absolute Gasteiger partial charge is 0.484 e. The van der Waals surface area contributed by atoms with Crippen molar-refractivity contribution in [2.75, 3.05) is 17.7 Å². The van der Waals surface area contributed by atoms with Gasteiger partial charge in [-0.05, 0) is 24.8 Å². The van der Waals surface area contributed by atoms with Crippen molar-refractivity contribution in [2.45, 2.75) is 18.2 Å². The van der Waals surface area contributed by atoms with Gasteiger partial charge < -0.3 is 4.74 Å². The minimum absolute atomic E-state index is 0.0428. The summed E-state index contributed by atoms with van der Waals surface area (Å²) < 4.78 is 6.24. The highest BCUT2D eigenvalue weighted by molar-refractivity contribution is 8.01. The molecular formula is C13H15N3O2S2. The lowest BCUT2D eigenvalue weighted by molar-refractivity contribution is -0.118. The molecule has 7 heteroatoms. The molecule has 1 heterocycles. The predicted octanol–water partition coefficient (Wildman–Crippen LogP) is 2.98. The maximum absolute atomic E-state index is 11.7. The smallest absolute Gasteiger partial charge is 0.264 e. The number of ether oxygens (including phenoxy) is 1. The molecule has 2 rings (SSSR count). The van der Waals surface area contributed by atoms with Crippen LogP contribution in [0, 0.1) is 6.92 Å². The Morgan fingerprint density at radius 1 is 1.35 bits per heavy atom. The summed E-state index contributed by atoms with van der Waals surface area (Å²) in [5.74, 6) is 1.36. The van der Waals surface area contributed by atoms with Crippen LogP contribution in [0.1, 0.15) is 12.5 Å². The van der Waals surface area contributed by atoms with Crippen LogP contribution in [-0.2, 0) is 4.79 Å². The highest BCUT2D eigenvalue weighted by atomic mass is 32.2. The van der Waals surface area contributed by atoms with Crippen LogP contribution < -0.4 is 10.1 Å². The van der Waals surface area contributed by atoms with Crippen molar-refractivity contribution in [2.24, 2.45) is 0 Å². The Morgan fingerprint density at radius 2 is 2.10 bits per heavy atom. The number of carbonyl (C=O) groups excluding carboxylic acids is 1. The number of nitrogens with zero attached hydrogens (tertiary/aromatic N) is 2. The number of amides is 1. The van der Waals surface area contributed by atoms with E-state index in [1.165, 1.54) is 11.3 Å². The lowest BCUT2D eigenvalue weighted by Gasteiger charge is -2.05. The monoisotopic (exact) mass is 309 g/mol. The average Bonchev–Trinajstić information content (AvgIpc) is 2.86. The summed E-state index contributed by atoms with van der Waals surface area (Å²) >= 11 is 2.96. The molecule has 1 N–H and O–H groups in total. The van der Waals surface area contributed by atoms with E-state index in [0.29, 0.717) is 10.9 Å². The zero-order valence-corrected chi connectivity index (χ0v) is 12.9. The molecule has 0 unspecified atom stereocenters. The molecule has 0 saturated heterocycles. The standard InChI is InChI=1S/C13H15N3O2S2/c1-3-19-13-16-15-12(20-13)14-11(17)8-18-10-6-4-9(2)5-7-10/h4-7H,3,8H2,1-2H3,(H,14,15,17). The van der Waals surface area contributed by atoms with Crippen molar-refractivity contribution in [3.63, 3.8) is 0 Å². The van der Waals surface area contributed by atoms with E-state index >= 15 is 0 Å². The molecule has 0 saturated carbocycles. The summed E-state index contributed by atoms with van der Waals surface area (Å²) in [4.78, 5) is 11.7. The van der Waals surface area contributed by atoms with E-state index in [1.54, 1.807) is 11.8 Å². The Labute approximate surface area is 125 Å². The number of rotatable bonds is 6. The minimum atomic E-state index is -0.241. The fourth-order valence-corrected chi connectivity index (χ4v) is 3.05. The fourth-order valence-electron chi connectivity index (χ4n) is 1.38. The predicted molar refractivity (Wildman–Crippen MR) is 81.6 cm³/mol. The van der Waals surface area contributed by atoms with Crippen LogP contribution in [0.3, 0.4) is 0 Å². The van der Waals surface area contributed by atoms with Gasteiger partial charge in [-0.25, -0.2) is 0 Å². The maximum atomic E-state index is 11.7. The molecule has 0 aliphatic heterocycles. The SMILES string of the molecule is CCSc1nnc(NC(=O)COc2ccc(C)cc2)s1. The van der Waals surface area contributed by atoms with Gasteiger partial charge in [-0.1, -0.05) is 47.7 Å². The first-order valence-electron chi connectivity index (χ1n) is 6.13. The van der Waals surface area contributed by atoms with E-state index in [9.17, 15) is 4.79 Å². The van der Waals surface area contributed by atoms with Crippen LogP contribution in [0.25, 0.3) is 0 Å². The van der Waals surface area contributed by atoms with Gasteiger partial charge in [0.1, 0.15) is 5.75 Å². The molecule has 0 bridgehead atoms. The second kappa shape index (κ2) is 7.25. The molecule has 20 heavy (non-hydrogen) atoms. The van der Waals surface area contributed by atoms with Crippen LogP contribution in [0.15, 0.2) is 28.6 Å². The normalized spacial score (nSPS) is 10.3. The molecule has 2 aromatic rings. The van der Waals surface area contributed by atoms with Gasteiger partial charge in [-0.2, -0.15) is 0 Å². The number of thioether (sulfide) groups is 1. The number of hydrogen-bond donors (Lipinski definition) is 1. The zero-order valence-electron chi connectivity index (χ0n) is 11.3. The summed E-state index contributed by atoms with van der Waals surface area (Å²) in [7, 11) is 0. The van der Waals surface area contributed by atoms with E-state index in [1.807, 2.05) is 38.1 Å². The summed E-state index contributed by atoms with van der Waals surface area (Å²) in [6.45, 7) is 4.00. The number of hydrogen-bond acceptors (Lipinski definition) is 6. The third-order valence-corrected chi connectivity index (χ3v) is 4.17. The lowest BCUT2D eigenvalue weighted by Crippen LogP contribution is -2.20. The van der Waals surface area contributed by atoms with Gasteiger partial charge in [0, 0.05) is 0 Å². The molecule has 0 fully saturated rings. The van der Waals surface area contributed by atoms with Crippen LogP contribution in [0.4, 0.5) is 5.13 Å². The number of nitrogens with one attached hydrogen (secondary N) is 1. The van der Waals surface area contributed by atoms with Gasteiger partial charge in [0.25, 0.3) is 5.91 Å². The molecule has 106 valence electrons. The summed E-state index contributed by atoms with van der Waals surface area (Å²) in [5, 5.41) is 11.0. The summed E-state index contributed by atoms with van der Waals surface area (Å²) in [6.07, 6.45) is 0. The van der Waals surface area contributed by atoms with E-state index in [0.717, 1.165) is 15.7 Å². The maximum Gasteiger partial charge on any atom is 0.264 e. The van der Waals surface area contributed by atoms with Crippen LogP contribution in [0.2, 0.25) is 0 Å². The molecule has 5 nitrogen and oxygen atoms in total. The minimum Gasteiger partial charge on any atom is -0.484 e. The van der Waals surface area contributed by atoms with Crippen molar-refractivity contribution < 1.29 is 9.53 Å². The number of benzene rings is 1. The average molecular weight is 309 g/mol. The van der Waals surface area contributed by atoms with Crippen LogP contribution >= 0.6 is 23.1 Å². The van der Waals surface area contributed by atoms with Gasteiger partial charge >= 0.3 is 0 Å². The molecule has 0 spiro atoms. The summed E-state index contributed by atoms with van der Waals surface area (Å²) in [6, 6.07) is 7.55. The first kappa shape index (κ1) is 14.8. The van der Waals surface area contributed by atoms with Crippen LogP contribution in [0.5, 0.6) is 5.75 Å². The second-order valence-electron chi connectivity index (χ2n) is 3.96. The number of anilines is 1. The van der Waals surface area contributed by atoms with Crippen molar-refractivity contribution in [3.05, 3.63) is 29.8 Å². The van der Waals surface area contributed by atoms with Gasteiger partial charge in [-0.15, -0.1) is 10.2 Å². The highest BCUT2D eigenvalue weighted by Crippen LogP contribution is 2.24. The number of aromatic nitrogens is 2. The van der Waals surface area contributed by atoms with Gasteiger partial charge in [0.15, 0.2) is 10.9 Å². The van der Waals surface area contributed by atoms with Gasteiger partial charge in [0.2, 0.25) is 5.13 Å². The molecule has 0 aliphatic rings. The Morgan fingerprint density at radius 3 is 2.80 bits per heavy atom. The van der Waals surface area contributed by atoms with Gasteiger partial charge in [-0.3, -0.25) is 10.1 Å². The Bertz CT molecular complexity index is 569. The Kier molecular flexibility index (Phi) is 5.37. The molecule has 1 amide bonds. The van der Waals surface area contributed by atoms with Crippen molar-refractivity contribution in [3.8, 4) is 5.75 Å². The third kappa shape index (κ3) is 4.50. The van der Waals surface area contributed by atoms with Crippen molar-refractivity contribution in [1.29, 1.82) is 0 Å². The van der Waals surface area contributed by atoms with E-state index in [2.05, 4.69) is 15.5 Å². The number of carbonyl (C=O) groups is 1. The van der Waals surface area contributed by atoms with E-state index in [4.69, 9.17) is 4.74 Å². The third-order valence-electron chi connectivity index (χ3n) is 2.31. The Balaban J connectivity index is 1.81. The molecule has 0 radical (unpaired) electrons. The first-order chi connectivity index (χ1) is 9.67. The fraction of sp³-hybridized carbons (Fsp3) is 0.308. The summed E-state index contributed by atoms with van der Waals surface area (Å²) in [5.41, 5.74) is 1.15. The molecule has 1 aromatic heterocycles. The van der Waals surface area contributed by atoms with E-state index < -0.39 is 0 Å². The highest BCUT2D eigenvalue weighted by Gasteiger charge is 2.08. The topological polar surface area (TPSA) is 64.1 Å². The van der Waals surface area contributed by atoms with E-state index in [-0.39, 0.29) is 12.5 Å². The second-order valence-corrected chi connectivity index (χ2v) is 6.44. The lowest BCUT2D eigenvalue weighted by atomic mass is 10.2. The number of aryl methyl sites for hydroxylation is 1. The molecule has 0 aliphatic carbocycles. The van der Waals surface area contributed by atoms with Gasteiger partial charge in [0.05, 0.1) is 0 Å². The zero-order chi connectivity index (χ0) is 14.4. The molecule has 1 aromatic carbocycles. The van der Waals surface area contributed by atoms with Crippen molar-refractivity contribution >= 4 is 34.1 Å². The molecule has 0 atom stereocenters. The van der Waals surface area contributed by atoms with Crippen molar-refractivity contribution in [1.82, 2.24) is 10.2 Å². The Hall–Kier alpha value is -1.60. The quantitative estimate of drug-likeness (QED) is 0.656.